The Hall–Kier alpha value is -5.79. The van der Waals surface area contributed by atoms with Crippen LogP contribution in [-0.4, -0.2) is 6.29 Å². The molecular formula is C52H42O. The van der Waals surface area contributed by atoms with Crippen LogP contribution in [0.2, 0.25) is 0 Å². The second-order valence-corrected chi connectivity index (χ2v) is 16.9. The molecule has 53 heavy (non-hydrogen) atoms. The molecule has 0 bridgehead atoms. The summed E-state index contributed by atoms with van der Waals surface area (Å²) in [5.74, 6) is 0. The van der Waals surface area contributed by atoms with Crippen LogP contribution in [0.5, 0.6) is 0 Å². The van der Waals surface area contributed by atoms with Gasteiger partial charge in [0.15, 0.2) is 0 Å². The summed E-state index contributed by atoms with van der Waals surface area (Å²) in [6, 6.07) is 51.1. The molecule has 3 aliphatic carbocycles. The van der Waals surface area contributed by atoms with Crippen LogP contribution >= 0.6 is 0 Å². The smallest absolute Gasteiger partial charge is 0.150 e. The maximum Gasteiger partial charge on any atom is 0.150 e. The molecule has 0 unspecified atom stereocenters. The molecule has 0 atom stereocenters. The fourth-order valence-electron chi connectivity index (χ4n) is 10.2. The van der Waals surface area contributed by atoms with E-state index < -0.39 is 0 Å². The SMILES string of the molecule is CC1(C)c2cc(-c3ccccc3)ccc2-c2c1c1c(c3c2C(C)(C)c2cc(-c4ccc(C=O)cc4)ccc2-3)C(C)(C)c2cc(-c3ccccc3)ccc2-1. The Morgan fingerprint density at radius 1 is 0.358 bits per heavy atom. The lowest BCUT2D eigenvalue weighted by molar-refractivity contribution is 0.112. The first kappa shape index (κ1) is 31.9. The van der Waals surface area contributed by atoms with Crippen molar-refractivity contribution in [1.82, 2.24) is 0 Å². The van der Waals surface area contributed by atoms with E-state index in [0.717, 1.165) is 11.8 Å². The van der Waals surface area contributed by atoms with E-state index in [-0.39, 0.29) is 16.2 Å². The molecule has 0 aromatic heterocycles. The molecule has 0 N–H and O–H groups in total. The maximum atomic E-state index is 11.5. The molecule has 1 heteroatoms. The first-order valence-corrected chi connectivity index (χ1v) is 18.9. The molecule has 1 nitrogen and oxygen atoms in total. The number of hydrogen-bond donors (Lipinski definition) is 0. The van der Waals surface area contributed by atoms with Gasteiger partial charge in [-0.05, 0) is 118 Å². The Morgan fingerprint density at radius 2 is 0.660 bits per heavy atom. The molecular weight excluding hydrogens is 641 g/mol. The lowest BCUT2D eigenvalue weighted by Gasteiger charge is -2.31. The highest BCUT2D eigenvalue weighted by Gasteiger charge is 2.52. The van der Waals surface area contributed by atoms with E-state index in [1.54, 1.807) is 0 Å². The largest absolute Gasteiger partial charge is 0.298 e. The standard InChI is InChI=1S/C52H42O/c1-50(2)42-28-36(33-15-11-8-12-16-33)22-25-39(42)45-47(50)44-38-24-21-35(32-13-9-7-10-14-32)27-41(38)51(3,4)48(44)46-40-26-23-37(29-43(40)52(5,6)49(45)46)34-19-17-31(30-53)18-20-34/h7-30H,1-6H3. The normalized spacial score (nSPS) is 15.9. The molecule has 0 aliphatic heterocycles. The molecule has 0 amide bonds. The summed E-state index contributed by atoms with van der Waals surface area (Å²) in [6.45, 7) is 14.7. The van der Waals surface area contributed by atoms with Crippen molar-refractivity contribution in [2.45, 2.75) is 57.8 Å². The second-order valence-electron chi connectivity index (χ2n) is 16.9. The van der Waals surface area contributed by atoms with E-state index in [1.807, 2.05) is 12.1 Å². The van der Waals surface area contributed by atoms with Gasteiger partial charge in [-0.25, -0.2) is 0 Å². The zero-order valence-corrected chi connectivity index (χ0v) is 31.3. The molecule has 256 valence electrons. The third kappa shape index (κ3) is 4.28. The number of aldehydes is 1. The van der Waals surface area contributed by atoms with Gasteiger partial charge >= 0.3 is 0 Å². The van der Waals surface area contributed by atoms with Gasteiger partial charge in [0.2, 0.25) is 0 Å². The van der Waals surface area contributed by atoms with Crippen molar-refractivity contribution in [3.63, 3.8) is 0 Å². The summed E-state index contributed by atoms with van der Waals surface area (Å²) in [5.41, 5.74) is 24.2. The topological polar surface area (TPSA) is 17.1 Å². The molecule has 0 fully saturated rings. The van der Waals surface area contributed by atoms with Crippen LogP contribution in [0.3, 0.4) is 0 Å². The first-order chi connectivity index (χ1) is 25.5. The van der Waals surface area contributed by atoms with Crippen molar-refractivity contribution in [2.24, 2.45) is 0 Å². The number of carbonyl (C=O) groups is 1. The van der Waals surface area contributed by atoms with Gasteiger partial charge in [-0.15, -0.1) is 0 Å². The third-order valence-electron chi connectivity index (χ3n) is 12.9. The highest BCUT2D eigenvalue weighted by Crippen LogP contribution is 2.67. The summed E-state index contributed by atoms with van der Waals surface area (Å²) in [7, 11) is 0. The van der Waals surface area contributed by atoms with Crippen LogP contribution in [0, 0.1) is 0 Å². The summed E-state index contributed by atoms with van der Waals surface area (Å²) < 4.78 is 0. The Labute approximate surface area is 313 Å². The minimum atomic E-state index is -0.252. The van der Waals surface area contributed by atoms with E-state index >= 15 is 0 Å². The molecule has 0 heterocycles. The zero-order chi connectivity index (χ0) is 36.4. The first-order valence-electron chi connectivity index (χ1n) is 18.9. The maximum absolute atomic E-state index is 11.5. The molecule has 0 saturated heterocycles. The number of benzene rings is 7. The van der Waals surface area contributed by atoms with Crippen molar-refractivity contribution in [1.29, 1.82) is 0 Å². The van der Waals surface area contributed by atoms with Gasteiger partial charge in [-0.1, -0.05) is 163 Å². The molecule has 7 aromatic carbocycles. The van der Waals surface area contributed by atoms with Gasteiger partial charge < -0.3 is 0 Å². The molecule has 0 saturated carbocycles. The van der Waals surface area contributed by atoms with Crippen molar-refractivity contribution < 1.29 is 4.79 Å². The van der Waals surface area contributed by atoms with Crippen molar-refractivity contribution in [2.75, 3.05) is 0 Å². The number of carbonyl (C=O) groups excluding carboxylic acids is 1. The van der Waals surface area contributed by atoms with E-state index in [1.165, 1.54) is 94.6 Å². The average molecular weight is 683 g/mol. The summed E-state index contributed by atoms with van der Waals surface area (Å²) in [4.78, 5) is 11.5. The molecule has 0 radical (unpaired) electrons. The minimum absolute atomic E-state index is 0.222. The second kappa shape index (κ2) is 10.9. The van der Waals surface area contributed by atoms with Gasteiger partial charge in [-0.3, -0.25) is 4.79 Å². The van der Waals surface area contributed by atoms with E-state index in [0.29, 0.717) is 5.56 Å². The monoisotopic (exact) mass is 682 g/mol. The fourth-order valence-corrected chi connectivity index (χ4v) is 10.2. The zero-order valence-electron chi connectivity index (χ0n) is 31.3. The minimum Gasteiger partial charge on any atom is -0.298 e. The predicted octanol–water partition coefficient (Wildman–Crippen LogP) is 13.4. The van der Waals surface area contributed by atoms with Gasteiger partial charge in [0.1, 0.15) is 6.29 Å². The summed E-state index contributed by atoms with van der Waals surface area (Å²) >= 11 is 0. The van der Waals surface area contributed by atoms with E-state index in [4.69, 9.17) is 0 Å². The highest BCUT2D eigenvalue weighted by atomic mass is 16.1. The third-order valence-corrected chi connectivity index (χ3v) is 12.9. The van der Waals surface area contributed by atoms with Gasteiger partial charge in [0.05, 0.1) is 0 Å². The molecule has 0 spiro atoms. The average Bonchev–Trinajstić information content (AvgIpc) is 3.67. The quantitative estimate of drug-likeness (QED) is 0.169. The van der Waals surface area contributed by atoms with Crippen LogP contribution in [0.1, 0.15) is 85.3 Å². The number of fused-ring (bicyclic) bond motifs is 12. The van der Waals surface area contributed by atoms with Crippen LogP contribution in [0.4, 0.5) is 0 Å². The van der Waals surface area contributed by atoms with E-state index in [9.17, 15) is 4.79 Å². The lowest BCUT2D eigenvalue weighted by Crippen LogP contribution is -2.22. The van der Waals surface area contributed by atoms with Gasteiger partial charge in [0.25, 0.3) is 0 Å². The molecule has 10 rings (SSSR count). The Balaban J connectivity index is 1.29. The molecule has 3 aliphatic rings. The highest BCUT2D eigenvalue weighted by molar-refractivity contribution is 6.05. The van der Waals surface area contributed by atoms with Crippen LogP contribution in [-0.2, 0) is 16.2 Å². The lowest BCUT2D eigenvalue weighted by atomic mass is 9.71. The van der Waals surface area contributed by atoms with Crippen molar-refractivity contribution >= 4 is 6.29 Å². The van der Waals surface area contributed by atoms with Crippen molar-refractivity contribution in [3.05, 3.63) is 178 Å². The van der Waals surface area contributed by atoms with Gasteiger partial charge in [0, 0.05) is 21.8 Å². The van der Waals surface area contributed by atoms with E-state index in [2.05, 4.69) is 169 Å². The van der Waals surface area contributed by atoms with Crippen molar-refractivity contribution in [3.8, 4) is 66.8 Å². The van der Waals surface area contributed by atoms with Crippen LogP contribution in [0.15, 0.2) is 140 Å². The molecule has 7 aromatic rings. The summed E-state index contributed by atoms with van der Waals surface area (Å²) in [6.07, 6.45) is 0.915. The van der Waals surface area contributed by atoms with Crippen LogP contribution in [0.25, 0.3) is 66.8 Å². The van der Waals surface area contributed by atoms with Crippen LogP contribution < -0.4 is 0 Å². The Kier molecular flexibility index (Phi) is 6.54. The fraction of sp³-hybridized carbons (Fsp3) is 0.173. The summed E-state index contributed by atoms with van der Waals surface area (Å²) in [5, 5.41) is 0. The Morgan fingerprint density at radius 3 is 0.981 bits per heavy atom. The number of rotatable bonds is 4. The number of hydrogen-bond acceptors (Lipinski definition) is 1. The Bertz CT molecular complexity index is 2620. The van der Waals surface area contributed by atoms with Gasteiger partial charge in [-0.2, -0.15) is 0 Å². The predicted molar refractivity (Wildman–Crippen MR) is 221 cm³/mol.